The molecule has 0 radical (unpaired) electrons. The summed E-state index contributed by atoms with van der Waals surface area (Å²) in [6, 6.07) is 6.20. The molecule has 2 saturated carbocycles. The summed E-state index contributed by atoms with van der Waals surface area (Å²) in [7, 11) is 0. The first kappa shape index (κ1) is 12.1. The zero-order valence-corrected chi connectivity index (χ0v) is 10.2. The number of halogens is 1. The number of carboxylic acids is 1. The summed E-state index contributed by atoms with van der Waals surface area (Å²) in [5.41, 5.74) is 0.276. The molecule has 3 rings (SSSR count). The van der Waals surface area contributed by atoms with Gasteiger partial charge in [0, 0.05) is 0 Å². The second kappa shape index (κ2) is 4.05. The topological polar surface area (TPSA) is 66.4 Å². The standard InChI is InChI=1S/C14H14FNO3/c15-9-3-1-2-8(6-9)14(4-5-14)16-12(17)10-7-11(10)13(18)19/h1-3,6,10-11H,4-5,7H2,(H,16,17)(H,18,19)/t10-,11+/m0/s1. The van der Waals surface area contributed by atoms with E-state index in [0.717, 1.165) is 18.4 Å². The molecule has 100 valence electrons. The Balaban J connectivity index is 1.70. The van der Waals surface area contributed by atoms with E-state index in [4.69, 9.17) is 5.11 Å². The van der Waals surface area contributed by atoms with Crippen LogP contribution in [0.25, 0.3) is 0 Å². The molecule has 2 atom stereocenters. The van der Waals surface area contributed by atoms with Crippen LogP contribution in [0, 0.1) is 17.7 Å². The monoisotopic (exact) mass is 263 g/mol. The van der Waals surface area contributed by atoms with Crippen LogP contribution < -0.4 is 5.32 Å². The van der Waals surface area contributed by atoms with E-state index in [1.807, 2.05) is 0 Å². The molecular weight excluding hydrogens is 249 g/mol. The first-order valence-electron chi connectivity index (χ1n) is 6.33. The van der Waals surface area contributed by atoms with Gasteiger partial charge in [0.25, 0.3) is 0 Å². The molecule has 19 heavy (non-hydrogen) atoms. The molecule has 0 aromatic heterocycles. The van der Waals surface area contributed by atoms with Crippen LogP contribution in [-0.4, -0.2) is 17.0 Å². The zero-order chi connectivity index (χ0) is 13.6. The number of rotatable bonds is 4. The maximum Gasteiger partial charge on any atom is 0.307 e. The molecule has 2 fully saturated rings. The Labute approximate surface area is 109 Å². The Morgan fingerprint density at radius 2 is 2.05 bits per heavy atom. The van der Waals surface area contributed by atoms with E-state index >= 15 is 0 Å². The Hall–Kier alpha value is -1.91. The van der Waals surface area contributed by atoms with Gasteiger partial charge < -0.3 is 10.4 Å². The molecule has 1 aromatic carbocycles. The van der Waals surface area contributed by atoms with Crippen LogP contribution in [0.4, 0.5) is 4.39 Å². The molecule has 2 N–H and O–H groups in total. The van der Waals surface area contributed by atoms with Crippen LogP contribution in [0.15, 0.2) is 24.3 Å². The Kier molecular flexibility index (Phi) is 2.59. The Morgan fingerprint density at radius 1 is 1.32 bits per heavy atom. The van der Waals surface area contributed by atoms with Gasteiger partial charge in [0.05, 0.1) is 17.4 Å². The van der Waals surface area contributed by atoms with Crippen molar-refractivity contribution >= 4 is 11.9 Å². The molecule has 0 unspecified atom stereocenters. The van der Waals surface area contributed by atoms with Crippen molar-refractivity contribution in [3.05, 3.63) is 35.6 Å². The molecule has 1 amide bonds. The van der Waals surface area contributed by atoms with Gasteiger partial charge in [-0.25, -0.2) is 4.39 Å². The number of hydrogen-bond acceptors (Lipinski definition) is 2. The number of benzene rings is 1. The van der Waals surface area contributed by atoms with E-state index in [9.17, 15) is 14.0 Å². The van der Waals surface area contributed by atoms with Gasteiger partial charge >= 0.3 is 5.97 Å². The predicted octanol–water partition coefficient (Wildman–Crippen LogP) is 1.65. The minimum Gasteiger partial charge on any atom is -0.481 e. The lowest BCUT2D eigenvalue weighted by molar-refractivity contribution is -0.140. The maximum absolute atomic E-state index is 13.2. The minimum atomic E-state index is -0.921. The third-order valence-electron chi connectivity index (χ3n) is 3.93. The molecular formula is C14H14FNO3. The number of amides is 1. The number of aliphatic carboxylic acids is 1. The summed E-state index contributed by atoms with van der Waals surface area (Å²) in [4.78, 5) is 22.7. The van der Waals surface area contributed by atoms with E-state index in [-0.39, 0.29) is 11.7 Å². The summed E-state index contributed by atoms with van der Waals surface area (Å²) in [6.07, 6.45) is 1.94. The molecule has 2 aliphatic carbocycles. The third kappa shape index (κ3) is 2.20. The van der Waals surface area contributed by atoms with Crippen molar-refractivity contribution in [1.29, 1.82) is 0 Å². The number of carboxylic acid groups (broad SMARTS) is 1. The molecule has 5 heteroatoms. The molecule has 2 aliphatic rings. The summed E-state index contributed by atoms with van der Waals surface area (Å²) in [6.45, 7) is 0. The second-order valence-electron chi connectivity index (χ2n) is 5.37. The minimum absolute atomic E-state index is 0.228. The maximum atomic E-state index is 13.2. The van der Waals surface area contributed by atoms with Crippen molar-refractivity contribution in [3.8, 4) is 0 Å². The highest BCUT2D eigenvalue weighted by molar-refractivity contribution is 5.90. The number of carbonyl (C=O) groups excluding carboxylic acids is 1. The fraction of sp³-hybridized carbons (Fsp3) is 0.429. The number of nitrogens with one attached hydrogen (secondary N) is 1. The van der Waals surface area contributed by atoms with Crippen molar-refractivity contribution in [2.75, 3.05) is 0 Å². The lowest BCUT2D eigenvalue weighted by Gasteiger charge is -2.18. The molecule has 4 nitrogen and oxygen atoms in total. The Bertz CT molecular complexity index is 553. The van der Waals surface area contributed by atoms with Gasteiger partial charge in [0.2, 0.25) is 5.91 Å². The van der Waals surface area contributed by atoms with E-state index in [1.165, 1.54) is 12.1 Å². The molecule has 0 saturated heterocycles. The van der Waals surface area contributed by atoms with E-state index in [0.29, 0.717) is 6.42 Å². The smallest absolute Gasteiger partial charge is 0.307 e. The van der Waals surface area contributed by atoms with Crippen molar-refractivity contribution in [2.45, 2.75) is 24.8 Å². The third-order valence-corrected chi connectivity index (χ3v) is 3.93. The first-order chi connectivity index (χ1) is 9.02. The Morgan fingerprint density at radius 3 is 2.58 bits per heavy atom. The van der Waals surface area contributed by atoms with Crippen LogP contribution in [0.2, 0.25) is 0 Å². The quantitative estimate of drug-likeness (QED) is 0.868. The van der Waals surface area contributed by atoms with Gasteiger partial charge in [-0.1, -0.05) is 12.1 Å². The van der Waals surface area contributed by atoms with E-state index in [1.54, 1.807) is 12.1 Å². The van der Waals surface area contributed by atoms with Gasteiger partial charge in [-0.05, 0) is 37.0 Å². The van der Waals surface area contributed by atoms with Crippen LogP contribution in [0.5, 0.6) is 0 Å². The average Bonchev–Trinajstić information content (AvgIpc) is 3.23. The summed E-state index contributed by atoms with van der Waals surface area (Å²) in [5, 5.41) is 11.7. The van der Waals surface area contributed by atoms with Gasteiger partial charge in [-0.3, -0.25) is 9.59 Å². The zero-order valence-electron chi connectivity index (χ0n) is 10.2. The first-order valence-corrected chi connectivity index (χ1v) is 6.33. The lowest BCUT2D eigenvalue weighted by Crippen LogP contribution is -2.36. The van der Waals surface area contributed by atoms with Gasteiger partial charge in [-0.15, -0.1) is 0 Å². The van der Waals surface area contributed by atoms with Crippen LogP contribution in [-0.2, 0) is 15.1 Å². The molecule has 0 bridgehead atoms. The highest BCUT2D eigenvalue weighted by Crippen LogP contribution is 2.47. The van der Waals surface area contributed by atoms with E-state index in [2.05, 4.69) is 5.32 Å². The van der Waals surface area contributed by atoms with Crippen molar-refractivity contribution in [3.63, 3.8) is 0 Å². The van der Waals surface area contributed by atoms with Crippen LogP contribution >= 0.6 is 0 Å². The molecule has 0 spiro atoms. The summed E-state index contributed by atoms with van der Waals surface area (Å²) in [5.74, 6) is -2.45. The number of carbonyl (C=O) groups is 2. The van der Waals surface area contributed by atoms with Gasteiger partial charge in [-0.2, -0.15) is 0 Å². The van der Waals surface area contributed by atoms with Crippen LogP contribution in [0.1, 0.15) is 24.8 Å². The summed E-state index contributed by atoms with van der Waals surface area (Å²) >= 11 is 0. The van der Waals surface area contributed by atoms with Crippen molar-refractivity contribution in [2.24, 2.45) is 11.8 Å². The highest BCUT2D eigenvalue weighted by atomic mass is 19.1. The largest absolute Gasteiger partial charge is 0.481 e. The average molecular weight is 263 g/mol. The second-order valence-corrected chi connectivity index (χ2v) is 5.37. The molecule has 1 aromatic rings. The lowest BCUT2D eigenvalue weighted by atomic mass is 10.0. The summed E-state index contributed by atoms with van der Waals surface area (Å²) < 4.78 is 13.2. The van der Waals surface area contributed by atoms with Crippen molar-refractivity contribution < 1.29 is 19.1 Å². The normalized spacial score (nSPS) is 26.6. The SMILES string of the molecule is O=C(NC1(c2cccc(F)c2)CC1)[C@H]1C[C@H]1C(=O)O. The van der Waals surface area contributed by atoms with Crippen molar-refractivity contribution in [1.82, 2.24) is 5.32 Å². The van der Waals surface area contributed by atoms with E-state index < -0.39 is 23.3 Å². The van der Waals surface area contributed by atoms with Gasteiger partial charge in [0.1, 0.15) is 5.82 Å². The van der Waals surface area contributed by atoms with Gasteiger partial charge in [0.15, 0.2) is 0 Å². The highest BCUT2D eigenvalue weighted by Gasteiger charge is 2.53. The predicted molar refractivity (Wildman–Crippen MR) is 64.7 cm³/mol. The fourth-order valence-corrected chi connectivity index (χ4v) is 2.48. The van der Waals surface area contributed by atoms with Crippen LogP contribution in [0.3, 0.4) is 0 Å². The molecule has 0 heterocycles. The fourth-order valence-electron chi connectivity index (χ4n) is 2.48. The number of hydrogen-bond donors (Lipinski definition) is 2. The molecule has 0 aliphatic heterocycles.